The summed E-state index contributed by atoms with van der Waals surface area (Å²) in [5.41, 5.74) is 5.44. The van der Waals surface area contributed by atoms with Crippen LogP contribution < -0.4 is 0 Å². The molecule has 5 rings (SSSR count). The maximum absolute atomic E-state index is 5.78. The third kappa shape index (κ3) is 3.83. The average Bonchev–Trinajstić information content (AvgIpc) is 3.38. The van der Waals surface area contributed by atoms with Crippen molar-refractivity contribution in [1.82, 2.24) is 19.4 Å². The van der Waals surface area contributed by atoms with Gasteiger partial charge in [0.25, 0.3) is 0 Å². The first-order chi connectivity index (χ1) is 14.3. The SMILES string of the molecule is CC1CCCCN1Cc1coc(-c2ccc(Cn3cnc4ccccc43)cc2)n1. The lowest BCUT2D eigenvalue weighted by molar-refractivity contribution is 0.151. The van der Waals surface area contributed by atoms with E-state index in [1.807, 2.05) is 24.7 Å². The van der Waals surface area contributed by atoms with Gasteiger partial charge in [0, 0.05) is 24.7 Å². The molecule has 0 amide bonds. The molecule has 2 aromatic carbocycles. The molecule has 2 aromatic heterocycles. The fourth-order valence-corrected chi connectivity index (χ4v) is 4.20. The zero-order valence-electron chi connectivity index (χ0n) is 16.8. The van der Waals surface area contributed by atoms with Gasteiger partial charge in [-0.05, 0) is 56.1 Å². The second-order valence-electron chi connectivity index (χ2n) is 8.02. The van der Waals surface area contributed by atoms with E-state index in [0.717, 1.165) is 41.9 Å². The molecular formula is C24H26N4O. The van der Waals surface area contributed by atoms with Crippen molar-refractivity contribution in [3.63, 3.8) is 0 Å². The molecule has 1 fully saturated rings. The fraction of sp³-hybridized carbons (Fsp3) is 0.333. The zero-order chi connectivity index (χ0) is 19.6. The molecule has 1 unspecified atom stereocenters. The van der Waals surface area contributed by atoms with E-state index in [1.165, 1.54) is 24.8 Å². The minimum absolute atomic E-state index is 0.627. The van der Waals surface area contributed by atoms with Gasteiger partial charge in [0.2, 0.25) is 5.89 Å². The van der Waals surface area contributed by atoms with Crippen molar-refractivity contribution < 1.29 is 4.42 Å². The molecule has 1 aliphatic rings. The number of hydrogen-bond donors (Lipinski definition) is 0. The third-order valence-corrected chi connectivity index (χ3v) is 5.94. The van der Waals surface area contributed by atoms with Crippen LogP contribution in [0.4, 0.5) is 0 Å². The predicted octanol–water partition coefficient (Wildman–Crippen LogP) is 5.11. The number of oxazole rings is 1. The molecule has 0 spiro atoms. The van der Waals surface area contributed by atoms with Crippen molar-refractivity contribution in [2.24, 2.45) is 0 Å². The van der Waals surface area contributed by atoms with E-state index >= 15 is 0 Å². The molecule has 0 saturated carbocycles. The van der Waals surface area contributed by atoms with Crippen LogP contribution in [0.1, 0.15) is 37.4 Å². The van der Waals surface area contributed by atoms with E-state index < -0.39 is 0 Å². The number of hydrogen-bond acceptors (Lipinski definition) is 4. The van der Waals surface area contributed by atoms with Crippen molar-refractivity contribution in [2.45, 2.75) is 45.3 Å². The van der Waals surface area contributed by atoms with Crippen LogP contribution in [0.25, 0.3) is 22.5 Å². The van der Waals surface area contributed by atoms with Gasteiger partial charge < -0.3 is 8.98 Å². The summed E-state index contributed by atoms with van der Waals surface area (Å²) in [6.07, 6.45) is 7.60. The number of imidazole rings is 1. The minimum atomic E-state index is 0.627. The lowest BCUT2D eigenvalue weighted by atomic mass is 10.0. The van der Waals surface area contributed by atoms with Gasteiger partial charge in [0.05, 0.1) is 23.1 Å². The smallest absolute Gasteiger partial charge is 0.226 e. The van der Waals surface area contributed by atoms with Gasteiger partial charge in [-0.1, -0.05) is 30.7 Å². The van der Waals surface area contributed by atoms with E-state index in [1.54, 1.807) is 0 Å². The van der Waals surface area contributed by atoms with Gasteiger partial charge in [-0.2, -0.15) is 0 Å². The molecule has 5 heteroatoms. The molecule has 0 radical (unpaired) electrons. The zero-order valence-corrected chi connectivity index (χ0v) is 16.8. The highest BCUT2D eigenvalue weighted by molar-refractivity contribution is 5.75. The Labute approximate surface area is 171 Å². The first-order valence-corrected chi connectivity index (χ1v) is 10.4. The summed E-state index contributed by atoms with van der Waals surface area (Å²) in [6.45, 7) is 5.13. The molecule has 148 valence electrons. The molecule has 0 bridgehead atoms. The maximum atomic E-state index is 5.78. The Bertz CT molecular complexity index is 1100. The molecule has 1 aliphatic heterocycles. The molecule has 1 atom stereocenters. The third-order valence-electron chi connectivity index (χ3n) is 5.94. The normalized spacial score (nSPS) is 17.8. The van der Waals surface area contributed by atoms with Gasteiger partial charge in [0.1, 0.15) is 6.26 Å². The number of para-hydroxylation sites is 2. The molecule has 29 heavy (non-hydrogen) atoms. The number of benzene rings is 2. The Hall–Kier alpha value is -2.92. The second kappa shape index (κ2) is 7.84. The summed E-state index contributed by atoms with van der Waals surface area (Å²) in [6, 6.07) is 17.3. The average molecular weight is 386 g/mol. The molecule has 3 heterocycles. The first kappa shape index (κ1) is 18.1. The van der Waals surface area contributed by atoms with Crippen LogP contribution in [0, 0.1) is 0 Å². The standard InChI is InChI=1S/C24H26N4O/c1-18-6-4-5-13-27(18)15-21-16-29-24(26-21)20-11-9-19(10-12-20)14-28-17-25-22-7-2-3-8-23(22)28/h2-3,7-12,16-18H,4-6,13-15H2,1H3. The highest BCUT2D eigenvalue weighted by Gasteiger charge is 2.19. The van der Waals surface area contributed by atoms with E-state index in [9.17, 15) is 0 Å². The summed E-state index contributed by atoms with van der Waals surface area (Å²) in [4.78, 5) is 11.7. The number of piperidine rings is 1. The monoisotopic (exact) mass is 386 g/mol. The van der Waals surface area contributed by atoms with Gasteiger partial charge in [-0.15, -0.1) is 0 Å². The number of likely N-dealkylation sites (tertiary alicyclic amines) is 1. The van der Waals surface area contributed by atoms with Crippen molar-refractivity contribution in [3.8, 4) is 11.5 Å². The summed E-state index contributed by atoms with van der Waals surface area (Å²) in [5.74, 6) is 0.698. The number of aromatic nitrogens is 3. The van der Waals surface area contributed by atoms with E-state index in [-0.39, 0.29) is 0 Å². The van der Waals surface area contributed by atoms with Crippen LogP contribution in [-0.4, -0.2) is 32.0 Å². The highest BCUT2D eigenvalue weighted by Crippen LogP contribution is 2.23. The largest absolute Gasteiger partial charge is 0.444 e. The van der Waals surface area contributed by atoms with Crippen molar-refractivity contribution >= 4 is 11.0 Å². The summed E-state index contributed by atoms with van der Waals surface area (Å²) in [5, 5.41) is 0. The molecule has 0 N–H and O–H groups in total. The van der Waals surface area contributed by atoms with Crippen molar-refractivity contribution in [2.75, 3.05) is 6.54 Å². The van der Waals surface area contributed by atoms with Crippen LogP contribution >= 0.6 is 0 Å². The second-order valence-corrected chi connectivity index (χ2v) is 8.02. The van der Waals surface area contributed by atoms with Crippen molar-refractivity contribution in [1.29, 1.82) is 0 Å². The van der Waals surface area contributed by atoms with Gasteiger partial charge >= 0.3 is 0 Å². The minimum Gasteiger partial charge on any atom is -0.444 e. The van der Waals surface area contributed by atoms with Crippen LogP contribution in [-0.2, 0) is 13.1 Å². The Balaban J connectivity index is 1.28. The van der Waals surface area contributed by atoms with Crippen LogP contribution in [0.2, 0.25) is 0 Å². The van der Waals surface area contributed by atoms with Crippen molar-refractivity contribution in [3.05, 3.63) is 72.4 Å². The Kier molecular flexibility index (Phi) is 4.90. The molecule has 4 aromatic rings. The summed E-state index contributed by atoms with van der Waals surface area (Å²) in [7, 11) is 0. The van der Waals surface area contributed by atoms with Gasteiger partial charge in [-0.25, -0.2) is 9.97 Å². The van der Waals surface area contributed by atoms with E-state index in [2.05, 4.69) is 57.8 Å². The number of fused-ring (bicyclic) bond motifs is 1. The molecule has 0 aliphatic carbocycles. The predicted molar refractivity (Wildman–Crippen MR) is 114 cm³/mol. The number of nitrogens with zero attached hydrogens (tertiary/aromatic N) is 4. The quantitative estimate of drug-likeness (QED) is 0.478. The van der Waals surface area contributed by atoms with Crippen LogP contribution in [0.3, 0.4) is 0 Å². The molecular weight excluding hydrogens is 360 g/mol. The summed E-state index contributed by atoms with van der Waals surface area (Å²) < 4.78 is 7.95. The van der Waals surface area contributed by atoms with Crippen LogP contribution in [0.15, 0.2) is 65.5 Å². The Morgan fingerprint density at radius 2 is 1.90 bits per heavy atom. The van der Waals surface area contributed by atoms with Gasteiger partial charge in [-0.3, -0.25) is 4.90 Å². The maximum Gasteiger partial charge on any atom is 0.226 e. The summed E-state index contributed by atoms with van der Waals surface area (Å²) >= 11 is 0. The fourth-order valence-electron chi connectivity index (χ4n) is 4.20. The molecule has 5 nitrogen and oxygen atoms in total. The topological polar surface area (TPSA) is 47.1 Å². The Morgan fingerprint density at radius 1 is 1.03 bits per heavy atom. The first-order valence-electron chi connectivity index (χ1n) is 10.4. The Morgan fingerprint density at radius 3 is 2.76 bits per heavy atom. The van der Waals surface area contributed by atoms with Gasteiger partial charge in [0.15, 0.2) is 0 Å². The van der Waals surface area contributed by atoms with E-state index in [4.69, 9.17) is 9.40 Å². The lowest BCUT2D eigenvalue weighted by Gasteiger charge is -2.32. The van der Waals surface area contributed by atoms with E-state index in [0.29, 0.717) is 11.9 Å². The highest BCUT2D eigenvalue weighted by atomic mass is 16.3. The lowest BCUT2D eigenvalue weighted by Crippen LogP contribution is -2.36. The number of rotatable bonds is 5. The van der Waals surface area contributed by atoms with Crippen LogP contribution in [0.5, 0.6) is 0 Å². The molecule has 1 saturated heterocycles.